The Bertz CT molecular complexity index is 772. The first-order valence-electron chi connectivity index (χ1n) is 9.64. The van der Waals surface area contributed by atoms with Gasteiger partial charge in [0.15, 0.2) is 0 Å². The molecule has 1 aromatic heterocycles. The molecule has 0 spiro atoms. The van der Waals surface area contributed by atoms with Crippen molar-refractivity contribution in [1.82, 2.24) is 15.2 Å². The van der Waals surface area contributed by atoms with Gasteiger partial charge < -0.3 is 15.0 Å². The Balaban J connectivity index is 1.77. The average molecular weight is 388 g/mol. The smallest absolute Gasteiger partial charge is 0.318 e. The van der Waals surface area contributed by atoms with E-state index in [4.69, 9.17) is 4.74 Å². The van der Waals surface area contributed by atoms with Crippen LogP contribution in [0.4, 0.5) is 4.79 Å². The maximum Gasteiger partial charge on any atom is 0.318 e. The highest BCUT2D eigenvalue weighted by atomic mass is 32.1. The van der Waals surface area contributed by atoms with Gasteiger partial charge in [-0.2, -0.15) is 0 Å². The number of hydrogen-bond donors (Lipinski definition) is 1. The number of hydrogen-bond acceptors (Lipinski definition) is 4. The first kappa shape index (κ1) is 19.7. The van der Waals surface area contributed by atoms with Gasteiger partial charge in [-0.25, -0.2) is 9.78 Å². The van der Waals surface area contributed by atoms with E-state index in [-0.39, 0.29) is 18.1 Å². The van der Waals surface area contributed by atoms with Crippen molar-refractivity contribution in [2.75, 3.05) is 13.7 Å². The largest absolute Gasteiger partial charge is 0.497 e. The molecule has 1 saturated heterocycles. The van der Waals surface area contributed by atoms with Crippen LogP contribution >= 0.6 is 11.3 Å². The molecular weight excluding hydrogens is 358 g/mol. The molecule has 1 aliphatic rings. The second-order valence-corrected chi connectivity index (χ2v) is 8.42. The molecule has 2 aromatic rings. The topological polar surface area (TPSA) is 54.5 Å². The molecule has 3 rings (SSSR count). The van der Waals surface area contributed by atoms with E-state index in [1.807, 2.05) is 37.8 Å². The lowest BCUT2D eigenvalue weighted by Crippen LogP contribution is -2.43. The van der Waals surface area contributed by atoms with E-state index in [1.54, 1.807) is 18.4 Å². The minimum atomic E-state index is -0.0385. The van der Waals surface area contributed by atoms with Gasteiger partial charge in [0.2, 0.25) is 0 Å². The molecule has 2 heterocycles. The van der Waals surface area contributed by atoms with Crippen LogP contribution in [-0.4, -0.2) is 29.6 Å². The first-order valence-corrected chi connectivity index (χ1v) is 10.5. The molecule has 2 amide bonds. The van der Waals surface area contributed by atoms with E-state index in [1.165, 1.54) is 12.0 Å². The number of carbonyl (C=O) groups is 1. The molecule has 1 fully saturated rings. The molecule has 2 unspecified atom stereocenters. The van der Waals surface area contributed by atoms with Crippen LogP contribution in [0, 0.1) is 13.8 Å². The number of ether oxygens (including phenoxy) is 1. The highest BCUT2D eigenvalue weighted by Crippen LogP contribution is 2.32. The van der Waals surface area contributed by atoms with E-state index in [0.717, 1.165) is 47.1 Å². The van der Waals surface area contributed by atoms with E-state index in [0.29, 0.717) is 0 Å². The van der Waals surface area contributed by atoms with Crippen LogP contribution in [-0.2, 0) is 0 Å². The average Bonchev–Trinajstić information content (AvgIpc) is 2.86. The number of likely N-dealkylation sites (tertiary alicyclic amines) is 1. The van der Waals surface area contributed by atoms with Crippen molar-refractivity contribution in [1.29, 1.82) is 0 Å². The van der Waals surface area contributed by atoms with Crippen molar-refractivity contribution < 1.29 is 9.53 Å². The van der Waals surface area contributed by atoms with Crippen molar-refractivity contribution in [2.45, 2.75) is 58.5 Å². The van der Waals surface area contributed by atoms with E-state index in [2.05, 4.69) is 22.4 Å². The van der Waals surface area contributed by atoms with Crippen molar-refractivity contribution in [2.24, 2.45) is 0 Å². The van der Waals surface area contributed by atoms with Gasteiger partial charge in [-0.05, 0) is 51.3 Å². The SMILES string of the molecule is COc1ccc(C2CCCCCN2C(=O)NC(C)c2sc(C)nc2C)cc1. The summed E-state index contributed by atoms with van der Waals surface area (Å²) in [4.78, 5) is 20.8. The first-order chi connectivity index (χ1) is 13.0. The summed E-state index contributed by atoms with van der Waals surface area (Å²) in [6.45, 7) is 6.84. The molecule has 2 atom stereocenters. The lowest BCUT2D eigenvalue weighted by Gasteiger charge is -2.31. The molecule has 0 bridgehead atoms. The number of benzene rings is 1. The van der Waals surface area contributed by atoms with Crippen molar-refractivity contribution in [3.63, 3.8) is 0 Å². The van der Waals surface area contributed by atoms with Gasteiger partial charge in [-0.15, -0.1) is 11.3 Å². The lowest BCUT2D eigenvalue weighted by atomic mass is 10.0. The summed E-state index contributed by atoms with van der Waals surface area (Å²) in [6, 6.07) is 8.18. The second kappa shape index (κ2) is 8.74. The lowest BCUT2D eigenvalue weighted by molar-refractivity contribution is 0.173. The molecule has 6 heteroatoms. The standard InChI is InChI=1S/C21H29N3O2S/c1-14-20(27-16(3)22-14)15(2)23-21(25)24-13-7-5-6-8-19(24)17-9-11-18(26-4)12-10-17/h9-12,15,19H,5-8,13H2,1-4H3,(H,23,25). The number of methoxy groups -OCH3 is 1. The molecule has 5 nitrogen and oxygen atoms in total. The van der Waals surface area contributed by atoms with E-state index >= 15 is 0 Å². The normalized spacial score (nSPS) is 18.7. The highest BCUT2D eigenvalue weighted by Gasteiger charge is 2.28. The summed E-state index contributed by atoms with van der Waals surface area (Å²) >= 11 is 1.66. The Morgan fingerprint density at radius 2 is 2.00 bits per heavy atom. The molecular formula is C21H29N3O2S. The van der Waals surface area contributed by atoms with Gasteiger partial charge in [-0.3, -0.25) is 0 Å². The van der Waals surface area contributed by atoms with Crippen molar-refractivity contribution >= 4 is 17.4 Å². The number of urea groups is 1. The van der Waals surface area contributed by atoms with Gasteiger partial charge in [0.25, 0.3) is 0 Å². The van der Waals surface area contributed by atoms with Gasteiger partial charge in [0.1, 0.15) is 5.75 Å². The number of aryl methyl sites for hydroxylation is 2. The quantitative estimate of drug-likeness (QED) is 0.789. The van der Waals surface area contributed by atoms with Crippen LogP contribution in [0.2, 0.25) is 0 Å². The molecule has 146 valence electrons. The molecule has 1 aromatic carbocycles. The third-order valence-corrected chi connectivity index (χ3v) is 6.44. The van der Waals surface area contributed by atoms with E-state index < -0.39 is 0 Å². The fourth-order valence-electron chi connectivity index (χ4n) is 3.81. The number of amides is 2. The summed E-state index contributed by atoms with van der Waals surface area (Å²) in [7, 11) is 1.67. The zero-order valence-electron chi connectivity index (χ0n) is 16.6. The third kappa shape index (κ3) is 4.61. The maximum atomic E-state index is 13.1. The second-order valence-electron chi connectivity index (χ2n) is 7.19. The fraction of sp³-hybridized carbons (Fsp3) is 0.524. The molecule has 0 saturated carbocycles. The number of aromatic nitrogens is 1. The number of thiazole rings is 1. The number of rotatable bonds is 4. The van der Waals surface area contributed by atoms with Gasteiger partial charge in [-0.1, -0.05) is 25.0 Å². The highest BCUT2D eigenvalue weighted by molar-refractivity contribution is 7.11. The summed E-state index contributed by atoms with van der Waals surface area (Å²) in [5, 5.41) is 4.24. The van der Waals surface area contributed by atoms with Crippen LogP contribution in [0.15, 0.2) is 24.3 Å². The summed E-state index contributed by atoms with van der Waals surface area (Å²) in [6.07, 6.45) is 4.35. The van der Waals surface area contributed by atoms with Crippen LogP contribution < -0.4 is 10.1 Å². The monoisotopic (exact) mass is 387 g/mol. The Morgan fingerprint density at radius 1 is 1.26 bits per heavy atom. The van der Waals surface area contributed by atoms with Gasteiger partial charge in [0, 0.05) is 11.4 Å². The summed E-state index contributed by atoms with van der Waals surface area (Å²) in [5.74, 6) is 0.841. The Hall–Kier alpha value is -2.08. The van der Waals surface area contributed by atoms with Crippen LogP contribution in [0.1, 0.15) is 65.8 Å². The van der Waals surface area contributed by atoms with Gasteiger partial charge >= 0.3 is 6.03 Å². The number of nitrogens with one attached hydrogen (secondary N) is 1. The summed E-state index contributed by atoms with van der Waals surface area (Å²) < 4.78 is 5.27. The minimum absolute atomic E-state index is 0.00988. The third-order valence-electron chi connectivity index (χ3n) is 5.19. The number of carbonyl (C=O) groups excluding carboxylic acids is 1. The van der Waals surface area contributed by atoms with Gasteiger partial charge in [0.05, 0.1) is 29.9 Å². The molecule has 0 radical (unpaired) electrons. The van der Waals surface area contributed by atoms with Crippen molar-refractivity contribution in [3.05, 3.63) is 45.4 Å². The van der Waals surface area contributed by atoms with Crippen LogP contribution in [0.5, 0.6) is 5.75 Å². The predicted octanol–water partition coefficient (Wildman–Crippen LogP) is 5.16. The Morgan fingerprint density at radius 3 is 2.63 bits per heavy atom. The minimum Gasteiger partial charge on any atom is -0.497 e. The molecule has 1 aliphatic heterocycles. The molecule has 1 N–H and O–H groups in total. The van der Waals surface area contributed by atoms with Crippen LogP contribution in [0.25, 0.3) is 0 Å². The van der Waals surface area contributed by atoms with Crippen molar-refractivity contribution in [3.8, 4) is 5.75 Å². The molecule has 27 heavy (non-hydrogen) atoms. The Kier molecular flexibility index (Phi) is 6.37. The summed E-state index contributed by atoms with van der Waals surface area (Å²) in [5.41, 5.74) is 2.18. The maximum absolute atomic E-state index is 13.1. The van der Waals surface area contributed by atoms with Crippen LogP contribution in [0.3, 0.4) is 0 Å². The zero-order chi connectivity index (χ0) is 19.4. The predicted molar refractivity (Wildman–Crippen MR) is 109 cm³/mol. The van der Waals surface area contributed by atoms with E-state index in [9.17, 15) is 4.79 Å². The Labute approximate surface area is 165 Å². The zero-order valence-corrected chi connectivity index (χ0v) is 17.4. The fourth-order valence-corrected chi connectivity index (χ4v) is 4.74. The molecule has 0 aliphatic carbocycles. The number of nitrogens with zero attached hydrogens (tertiary/aromatic N) is 2.